The number of nitrogens with two attached hydrogens (primary N) is 1. The molecule has 7 heteroatoms. The van der Waals surface area contributed by atoms with E-state index in [2.05, 4.69) is 27.7 Å². The molecule has 1 atom stereocenters. The fraction of sp³-hybridized carbons (Fsp3) is 0.129. The summed E-state index contributed by atoms with van der Waals surface area (Å²) in [5, 5.41) is 22.3. The minimum absolute atomic E-state index is 0.00639. The molecule has 4 N–H and O–H groups in total. The molecule has 0 aliphatic heterocycles. The molecule has 6 rings (SSSR count). The van der Waals surface area contributed by atoms with Gasteiger partial charge in [-0.3, -0.25) is 5.10 Å². The van der Waals surface area contributed by atoms with E-state index in [1.165, 1.54) is 33.8 Å². The molecular formula is C31H26FN3O2S. The smallest absolute Gasteiger partial charge is 0.124 e. The molecule has 2 aromatic heterocycles. The van der Waals surface area contributed by atoms with Gasteiger partial charge >= 0.3 is 0 Å². The number of nitrogens with zero attached hydrogens (tertiary/aromatic N) is 1. The molecule has 0 spiro atoms. The zero-order valence-corrected chi connectivity index (χ0v) is 21.6. The lowest BCUT2D eigenvalue weighted by molar-refractivity contribution is 0.288. The topological polar surface area (TPSA) is 84.2 Å². The van der Waals surface area contributed by atoms with Crippen molar-refractivity contribution in [3.05, 3.63) is 101 Å². The molecule has 0 bridgehead atoms. The highest BCUT2D eigenvalue weighted by atomic mass is 32.1. The first-order chi connectivity index (χ1) is 18.5. The van der Waals surface area contributed by atoms with E-state index in [-0.39, 0.29) is 11.8 Å². The van der Waals surface area contributed by atoms with E-state index < -0.39 is 5.82 Å². The van der Waals surface area contributed by atoms with Crippen LogP contribution in [0.4, 0.5) is 4.39 Å². The number of phenols is 1. The number of halogens is 1. The predicted octanol–water partition coefficient (Wildman–Crippen LogP) is 7.21. The van der Waals surface area contributed by atoms with Crippen LogP contribution in [-0.4, -0.2) is 28.0 Å². The summed E-state index contributed by atoms with van der Waals surface area (Å²) < 4.78 is 21.6. The maximum absolute atomic E-state index is 14.2. The van der Waals surface area contributed by atoms with Gasteiger partial charge in [-0.25, -0.2) is 4.39 Å². The number of nitrogens with one attached hydrogen (secondary N) is 1. The zero-order chi connectivity index (χ0) is 26.2. The number of ether oxygens (including phenoxy) is 1. The van der Waals surface area contributed by atoms with Gasteiger partial charge in [-0.1, -0.05) is 24.3 Å². The summed E-state index contributed by atoms with van der Waals surface area (Å²) in [7, 11) is 0. The molecule has 0 aliphatic rings. The molecule has 0 unspecified atom stereocenters. The second-order valence-corrected chi connectivity index (χ2v) is 10.4. The highest BCUT2D eigenvalue weighted by Gasteiger charge is 2.16. The summed E-state index contributed by atoms with van der Waals surface area (Å²) in [6.07, 6.45) is 0.711. The Hall–Kier alpha value is -4.20. The Bertz CT molecular complexity index is 1770. The number of aryl methyl sites for hydroxylation is 1. The lowest BCUT2D eigenvalue weighted by Crippen LogP contribution is -2.30. The van der Waals surface area contributed by atoms with Gasteiger partial charge in [0.15, 0.2) is 0 Å². The third kappa shape index (κ3) is 4.62. The summed E-state index contributed by atoms with van der Waals surface area (Å²) in [6.45, 7) is 2.31. The molecule has 0 saturated carbocycles. The number of phenolic OH excluding ortho intramolecular Hbond substituents is 1. The molecule has 0 amide bonds. The Morgan fingerprint density at radius 2 is 1.84 bits per heavy atom. The van der Waals surface area contributed by atoms with Crippen LogP contribution in [0.15, 0.2) is 84.2 Å². The Morgan fingerprint density at radius 1 is 0.974 bits per heavy atom. The molecule has 0 radical (unpaired) electrons. The number of aromatic nitrogens is 2. The van der Waals surface area contributed by atoms with Gasteiger partial charge in [0.25, 0.3) is 0 Å². The quantitative estimate of drug-likeness (QED) is 0.206. The molecule has 2 heterocycles. The average Bonchev–Trinajstić information content (AvgIpc) is 3.51. The normalized spacial score (nSPS) is 12.3. The third-order valence-corrected chi connectivity index (χ3v) is 7.82. The summed E-state index contributed by atoms with van der Waals surface area (Å²) in [5.74, 6) is 0.235. The van der Waals surface area contributed by atoms with Crippen LogP contribution in [0.5, 0.6) is 11.5 Å². The van der Waals surface area contributed by atoms with Crippen LogP contribution in [0.1, 0.15) is 11.3 Å². The molecule has 38 heavy (non-hydrogen) atoms. The SMILES string of the molecule is Cc1[nH]nc2ccc(-c3cc(OC[C@H](N)Cc4csc5ccccc45)ccc3-c3cc(F)ccc3O)cc12. The summed E-state index contributed by atoms with van der Waals surface area (Å²) in [6, 6.07) is 23.7. The number of fused-ring (bicyclic) bond motifs is 2. The van der Waals surface area contributed by atoms with Crippen LogP contribution >= 0.6 is 11.3 Å². The Morgan fingerprint density at radius 3 is 2.74 bits per heavy atom. The van der Waals surface area contributed by atoms with Crippen LogP contribution in [0.2, 0.25) is 0 Å². The average molecular weight is 524 g/mol. The first kappa shape index (κ1) is 24.2. The summed E-state index contributed by atoms with van der Waals surface area (Å²) >= 11 is 1.72. The Balaban J connectivity index is 1.32. The number of aromatic amines is 1. The van der Waals surface area contributed by atoms with Gasteiger partial charge in [0.1, 0.15) is 23.9 Å². The van der Waals surface area contributed by atoms with Crippen molar-refractivity contribution >= 4 is 32.3 Å². The first-order valence-corrected chi connectivity index (χ1v) is 13.3. The number of benzene rings is 4. The van der Waals surface area contributed by atoms with Crippen molar-refractivity contribution in [3.8, 4) is 33.8 Å². The van der Waals surface area contributed by atoms with E-state index in [0.717, 1.165) is 27.7 Å². The number of thiophene rings is 1. The van der Waals surface area contributed by atoms with Crippen LogP contribution < -0.4 is 10.5 Å². The highest BCUT2D eigenvalue weighted by Crippen LogP contribution is 2.40. The van der Waals surface area contributed by atoms with Gasteiger partial charge in [-0.2, -0.15) is 5.10 Å². The molecule has 0 fully saturated rings. The fourth-order valence-corrected chi connectivity index (χ4v) is 5.83. The van der Waals surface area contributed by atoms with E-state index in [4.69, 9.17) is 10.5 Å². The van der Waals surface area contributed by atoms with E-state index in [0.29, 0.717) is 29.9 Å². The molecule has 5 nitrogen and oxygen atoms in total. The standard InChI is InChI=1S/C31H26FN3O2S/c1-18-26-13-19(6-10-29(26)35-34-18)27-15-23(8-9-25(27)28-14-21(32)7-11-30(28)36)37-16-22(33)12-20-17-38-31-5-3-2-4-24(20)31/h2-11,13-15,17,22,36H,12,16,33H2,1H3,(H,34,35)/t22-/m1/s1. The van der Waals surface area contributed by atoms with Crippen LogP contribution in [0.25, 0.3) is 43.2 Å². The monoisotopic (exact) mass is 523 g/mol. The highest BCUT2D eigenvalue weighted by molar-refractivity contribution is 7.17. The maximum atomic E-state index is 14.2. The number of rotatable bonds is 7. The molecule has 6 aromatic rings. The second-order valence-electron chi connectivity index (χ2n) is 9.48. The van der Waals surface area contributed by atoms with Gasteiger partial charge in [0.2, 0.25) is 0 Å². The van der Waals surface area contributed by atoms with Crippen molar-refractivity contribution in [2.45, 2.75) is 19.4 Å². The first-order valence-electron chi connectivity index (χ1n) is 12.4. The van der Waals surface area contributed by atoms with E-state index in [1.54, 1.807) is 11.3 Å². The zero-order valence-electron chi connectivity index (χ0n) is 20.7. The van der Waals surface area contributed by atoms with Gasteiger partial charge in [0, 0.05) is 27.4 Å². The van der Waals surface area contributed by atoms with E-state index in [9.17, 15) is 9.50 Å². The predicted molar refractivity (Wildman–Crippen MR) is 152 cm³/mol. The maximum Gasteiger partial charge on any atom is 0.124 e. The van der Waals surface area contributed by atoms with Gasteiger partial charge in [-0.15, -0.1) is 11.3 Å². The lowest BCUT2D eigenvalue weighted by atomic mass is 9.93. The van der Waals surface area contributed by atoms with Crippen LogP contribution in [-0.2, 0) is 6.42 Å². The third-order valence-electron chi connectivity index (χ3n) is 6.80. The molecule has 4 aromatic carbocycles. The lowest BCUT2D eigenvalue weighted by Gasteiger charge is -2.17. The second kappa shape index (κ2) is 9.93. The largest absolute Gasteiger partial charge is 0.507 e. The molecule has 0 saturated heterocycles. The van der Waals surface area contributed by atoms with Crippen molar-refractivity contribution in [1.82, 2.24) is 10.2 Å². The summed E-state index contributed by atoms with van der Waals surface area (Å²) in [5.41, 5.74) is 12.3. The summed E-state index contributed by atoms with van der Waals surface area (Å²) in [4.78, 5) is 0. The van der Waals surface area contributed by atoms with Gasteiger partial charge in [0.05, 0.1) is 5.52 Å². The minimum atomic E-state index is -0.419. The van der Waals surface area contributed by atoms with E-state index in [1.807, 2.05) is 55.5 Å². The number of H-pyrrole nitrogens is 1. The van der Waals surface area contributed by atoms with Gasteiger partial charge < -0.3 is 15.6 Å². The van der Waals surface area contributed by atoms with Crippen LogP contribution in [0.3, 0.4) is 0 Å². The van der Waals surface area contributed by atoms with Crippen molar-refractivity contribution in [2.75, 3.05) is 6.61 Å². The van der Waals surface area contributed by atoms with Crippen molar-refractivity contribution in [1.29, 1.82) is 0 Å². The molecule has 0 aliphatic carbocycles. The Kier molecular flexibility index (Phi) is 6.31. The van der Waals surface area contributed by atoms with E-state index >= 15 is 0 Å². The van der Waals surface area contributed by atoms with Crippen molar-refractivity contribution in [2.24, 2.45) is 5.73 Å². The Labute approximate surface area is 223 Å². The fourth-order valence-electron chi connectivity index (χ4n) is 4.85. The number of hydrogen-bond donors (Lipinski definition) is 3. The van der Waals surface area contributed by atoms with Gasteiger partial charge in [-0.05, 0) is 101 Å². The van der Waals surface area contributed by atoms with Crippen molar-refractivity contribution < 1.29 is 14.2 Å². The number of hydrogen-bond acceptors (Lipinski definition) is 5. The van der Waals surface area contributed by atoms with Crippen molar-refractivity contribution in [3.63, 3.8) is 0 Å². The molecular weight excluding hydrogens is 497 g/mol. The molecule has 190 valence electrons. The number of aromatic hydroxyl groups is 1. The minimum Gasteiger partial charge on any atom is -0.507 e. The van der Waals surface area contributed by atoms with Crippen LogP contribution in [0, 0.1) is 12.7 Å².